The number of halogens is 1. The van der Waals surface area contributed by atoms with Crippen LogP contribution in [0.2, 0.25) is 0 Å². The molecule has 6 heteroatoms. The van der Waals surface area contributed by atoms with Crippen molar-refractivity contribution in [3.05, 3.63) is 53.3 Å². The summed E-state index contributed by atoms with van der Waals surface area (Å²) in [4.78, 5) is 0. The summed E-state index contributed by atoms with van der Waals surface area (Å²) >= 11 is 0. The lowest BCUT2D eigenvalue weighted by Gasteiger charge is -2.16. The SMILES string of the molecule is COc1ccc([C@@H](O)CNc2cccc(F)c2C#N)cc1OC. The van der Waals surface area contributed by atoms with E-state index in [0.29, 0.717) is 22.7 Å². The van der Waals surface area contributed by atoms with Gasteiger partial charge in [-0.15, -0.1) is 0 Å². The summed E-state index contributed by atoms with van der Waals surface area (Å²) in [6.45, 7) is 0.119. The van der Waals surface area contributed by atoms with Gasteiger partial charge < -0.3 is 19.9 Å². The quantitative estimate of drug-likeness (QED) is 0.857. The summed E-state index contributed by atoms with van der Waals surface area (Å²) in [5.74, 6) is 0.471. The zero-order valence-corrected chi connectivity index (χ0v) is 12.8. The molecule has 1 atom stereocenters. The molecule has 0 heterocycles. The first kappa shape index (κ1) is 16.6. The highest BCUT2D eigenvalue weighted by atomic mass is 19.1. The maximum absolute atomic E-state index is 13.5. The molecule has 2 aromatic carbocycles. The van der Waals surface area contributed by atoms with Crippen LogP contribution in [0.15, 0.2) is 36.4 Å². The Balaban J connectivity index is 2.13. The van der Waals surface area contributed by atoms with Gasteiger partial charge in [0.05, 0.1) is 26.0 Å². The lowest BCUT2D eigenvalue weighted by molar-refractivity contribution is 0.191. The van der Waals surface area contributed by atoms with Crippen LogP contribution in [-0.2, 0) is 0 Å². The van der Waals surface area contributed by atoms with Crippen molar-refractivity contribution in [3.8, 4) is 17.6 Å². The minimum atomic E-state index is -0.857. The maximum Gasteiger partial charge on any atom is 0.161 e. The minimum absolute atomic E-state index is 0.0768. The molecule has 2 aromatic rings. The van der Waals surface area contributed by atoms with Crippen LogP contribution in [0.4, 0.5) is 10.1 Å². The molecule has 0 aliphatic carbocycles. The third-order valence-electron chi connectivity index (χ3n) is 3.40. The first-order valence-electron chi connectivity index (χ1n) is 6.93. The Kier molecular flexibility index (Phi) is 5.39. The molecule has 0 bridgehead atoms. The van der Waals surface area contributed by atoms with Gasteiger partial charge in [-0.05, 0) is 29.8 Å². The predicted octanol–water partition coefficient (Wildman–Crippen LogP) is 2.86. The van der Waals surface area contributed by atoms with Crippen molar-refractivity contribution in [3.63, 3.8) is 0 Å². The number of hydrogen-bond acceptors (Lipinski definition) is 5. The molecule has 2 rings (SSSR count). The molecule has 5 nitrogen and oxygen atoms in total. The van der Waals surface area contributed by atoms with Crippen LogP contribution in [-0.4, -0.2) is 25.9 Å². The van der Waals surface area contributed by atoms with Gasteiger partial charge in [0.1, 0.15) is 17.4 Å². The molecule has 0 amide bonds. The average Bonchev–Trinajstić information content (AvgIpc) is 2.58. The van der Waals surface area contributed by atoms with E-state index >= 15 is 0 Å². The number of hydrogen-bond donors (Lipinski definition) is 2. The monoisotopic (exact) mass is 316 g/mol. The molecule has 0 fully saturated rings. The molecule has 23 heavy (non-hydrogen) atoms. The highest BCUT2D eigenvalue weighted by Crippen LogP contribution is 2.30. The fourth-order valence-corrected chi connectivity index (χ4v) is 2.17. The van der Waals surface area contributed by atoms with Crippen molar-refractivity contribution in [1.29, 1.82) is 5.26 Å². The van der Waals surface area contributed by atoms with Gasteiger partial charge in [0.25, 0.3) is 0 Å². The zero-order chi connectivity index (χ0) is 16.8. The van der Waals surface area contributed by atoms with Crippen molar-refractivity contribution >= 4 is 5.69 Å². The topological polar surface area (TPSA) is 74.5 Å². The largest absolute Gasteiger partial charge is 0.493 e. The lowest BCUT2D eigenvalue weighted by atomic mass is 10.1. The number of ether oxygens (including phenoxy) is 2. The number of aliphatic hydroxyl groups is 1. The number of methoxy groups -OCH3 is 2. The van der Waals surface area contributed by atoms with Crippen molar-refractivity contribution in [2.75, 3.05) is 26.1 Å². The molecule has 0 radical (unpaired) electrons. The van der Waals surface area contributed by atoms with E-state index in [4.69, 9.17) is 14.7 Å². The Morgan fingerprint density at radius 1 is 1.22 bits per heavy atom. The third kappa shape index (κ3) is 3.71. The number of rotatable bonds is 6. The molecule has 0 saturated carbocycles. The van der Waals surface area contributed by atoms with E-state index in [1.165, 1.54) is 26.4 Å². The summed E-state index contributed by atoms with van der Waals surface area (Å²) in [6, 6.07) is 11.2. The summed E-state index contributed by atoms with van der Waals surface area (Å²) in [6.07, 6.45) is -0.857. The molecule has 0 aromatic heterocycles. The van der Waals surface area contributed by atoms with Gasteiger partial charge in [0, 0.05) is 6.54 Å². The molecular formula is C17H17FN2O3. The second-order valence-corrected chi connectivity index (χ2v) is 4.79. The van der Waals surface area contributed by atoms with Crippen LogP contribution >= 0.6 is 0 Å². The van der Waals surface area contributed by atoms with Gasteiger partial charge in [-0.3, -0.25) is 0 Å². The van der Waals surface area contributed by atoms with Crippen LogP contribution in [0, 0.1) is 17.1 Å². The van der Waals surface area contributed by atoms with Gasteiger partial charge in [0.2, 0.25) is 0 Å². The first-order chi connectivity index (χ1) is 11.1. The van der Waals surface area contributed by atoms with Gasteiger partial charge in [-0.25, -0.2) is 4.39 Å². The smallest absolute Gasteiger partial charge is 0.161 e. The molecule has 0 unspecified atom stereocenters. The minimum Gasteiger partial charge on any atom is -0.493 e. The predicted molar refractivity (Wildman–Crippen MR) is 84.1 cm³/mol. The molecule has 0 aliphatic heterocycles. The summed E-state index contributed by atoms with van der Waals surface area (Å²) in [5, 5.41) is 22.1. The fourth-order valence-electron chi connectivity index (χ4n) is 2.17. The van der Waals surface area contributed by atoms with E-state index in [1.54, 1.807) is 30.3 Å². The van der Waals surface area contributed by atoms with Crippen LogP contribution < -0.4 is 14.8 Å². The third-order valence-corrected chi connectivity index (χ3v) is 3.40. The van der Waals surface area contributed by atoms with Gasteiger partial charge in [0.15, 0.2) is 11.5 Å². The Bertz CT molecular complexity index is 728. The Morgan fingerprint density at radius 2 is 1.96 bits per heavy atom. The lowest BCUT2D eigenvalue weighted by Crippen LogP contribution is -2.13. The number of anilines is 1. The highest BCUT2D eigenvalue weighted by Gasteiger charge is 2.13. The summed E-state index contributed by atoms with van der Waals surface area (Å²) < 4.78 is 23.9. The van der Waals surface area contributed by atoms with E-state index in [1.807, 2.05) is 0 Å². The highest BCUT2D eigenvalue weighted by molar-refractivity contribution is 5.58. The van der Waals surface area contributed by atoms with E-state index < -0.39 is 11.9 Å². The van der Waals surface area contributed by atoms with Gasteiger partial charge in [-0.2, -0.15) is 5.26 Å². The van der Waals surface area contributed by atoms with Crippen molar-refractivity contribution in [2.45, 2.75) is 6.10 Å². The summed E-state index contributed by atoms with van der Waals surface area (Å²) in [7, 11) is 3.04. The van der Waals surface area contributed by atoms with Gasteiger partial charge >= 0.3 is 0 Å². The van der Waals surface area contributed by atoms with Crippen LogP contribution in [0.1, 0.15) is 17.2 Å². The number of nitriles is 1. The zero-order valence-electron chi connectivity index (χ0n) is 12.8. The van der Waals surface area contributed by atoms with E-state index in [-0.39, 0.29) is 12.1 Å². The second-order valence-electron chi connectivity index (χ2n) is 4.79. The average molecular weight is 316 g/mol. The van der Waals surface area contributed by atoms with E-state index in [0.717, 1.165) is 0 Å². The standard InChI is InChI=1S/C17H17FN2O3/c1-22-16-7-6-11(8-17(16)23-2)15(21)10-20-14-5-3-4-13(18)12(14)9-19/h3-8,15,20-21H,10H2,1-2H3/t15-/m0/s1. The Labute approximate surface area is 133 Å². The first-order valence-corrected chi connectivity index (χ1v) is 6.93. The number of nitrogens with zero attached hydrogens (tertiary/aromatic N) is 1. The molecule has 0 saturated heterocycles. The number of aliphatic hydroxyl groups excluding tert-OH is 1. The van der Waals surface area contributed by atoms with Gasteiger partial charge in [-0.1, -0.05) is 12.1 Å². The molecule has 2 N–H and O–H groups in total. The fraction of sp³-hybridized carbons (Fsp3) is 0.235. The molecule has 0 spiro atoms. The second kappa shape index (κ2) is 7.47. The number of benzene rings is 2. The van der Waals surface area contributed by atoms with E-state index in [2.05, 4.69) is 5.32 Å². The van der Waals surface area contributed by atoms with Crippen LogP contribution in [0.25, 0.3) is 0 Å². The Morgan fingerprint density at radius 3 is 2.61 bits per heavy atom. The van der Waals surface area contributed by atoms with Crippen molar-refractivity contribution < 1.29 is 19.0 Å². The number of nitrogens with one attached hydrogen (secondary N) is 1. The van der Waals surface area contributed by atoms with E-state index in [9.17, 15) is 9.50 Å². The normalized spacial score (nSPS) is 11.4. The molecule has 0 aliphatic rings. The molecular weight excluding hydrogens is 299 g/mol. The molecule has 120 valence electrons. The van der Waals surface area contributed by atoms with Crippen LogP contribution in [0.3, 0.4) is 0 Å². The van der Waals surface area contributed by atoms with Crippen molar-refractivity contribution in [1.82, 2.24) is 0 Å². The van der Waals surface area contributed by atoms with Crippen LogP contribution in [0.5, 0.6) is 11.5 Å². The Hall–Kier alpha value is -2.78. The maximum atomic E-state index is 13.5. The summed E-state index contributed by atoms with van der Waals surface area (Å²) in [5.41, 5.74) is 0.879. The van der Waals surface area contributed by atoms with Crippen molar-refractivity contribution in [2.24, 2.45) is 0 Å².